The number of nitrogens with one attached hydrogen (secondary N) is 1. The molecule has 1 aromatic heterocycles. The van der Waals surface area contributed by atoms with E-state index in [0.29, 0.717) is 11.5 Å². The van der Waals surface area contributed by atoms with Gasteiger partial charge >= 0.3 is 0 Å². The van der Waals surface area contributed by atoms with Crippen molar-refractivity contribution in [1.82, 2.24) is 15.1 Å². The predicted octanol–water partition coefficient (Wildman–Crippen LogP) is 3.96. The zero-order valence-corrected chi connectivity index (χ0v) is 13.8. The van der Waals surface area contributed by atoms with Gasteiger partial charge in [0.2, 0.25) is 0 Å². The van der Waals surface area contributed by atoms with Gasteiger partial charge in [0.25, 0.3) is 0 Å². The van der Waals surface area contributed by atoms with E-state index in [2.05, 4.69) is 36.1 Å². The van der Waals surface area contributed by atoms with E-state index in [1.807, 2.05) is 0 Å². The summed E-state index contributed by atoms with van der Waals surface area (Å²) in [5, 5.41) is 8.49. The maximum atomic E-state index is 4.93. The second-order valence-electron chi connectivity index (χ2n) is 7.46. The van der Waals surface area contributed by atoms with Gasteiger partial charge in [0.1, 0.15) is 0 Å². The van der Waals surface area contributed by atoms with Crippen molar-refractivity contribution in [3.63, 3.8) is 0 Å². The monoisotopic (exact) mass is 289 g/mol. The molecule has 1 atom stereocenters. The largest absolute Gasteiger partial charge is 0.316 e. The van der Waals surface area contributed by atoms with Crippen molar-refractivity contribution in [3.05, 3.63) is 18.0 Å². The Hall–Kier alpha value is -0.830. The maximum absolute atomic E-state index is 4.93. The topological polar surface area (TPSA) is 29.9 Å². The van der Waals surface area contributed by atoms with Crippen LogP contribution in [0.2, 0.25) is 0 Å². The van der Waals surface area contributed by atoms with Crippen molar-refractivity contribution in [2.24, 2.45) is 11.3 Å². The average molecular weight is 289 g/mol. The summed E-state index contributed by atoms with van der Waals surface area (Å²) in [5.41, 5.74) is 1.69. The first-order valence-electron chi connectivity index (χ1n) is 8.96. The minimum absolute atomic E-state index is 0.391. The van der Waals surface area contributed by atoms with E-state index < -0.39 is 0 Å². The van der Waals surface area contributed by atoms with Crippen molar-refractivity contribution in [1.29, 1.82) is 0 Å². The van der Waals surface area contributed by atoms with Crippen LogP contribution in [0.5, 0.6) is 0 Å². The van der Waals surface area contributed by atoms with E-state index in [4.69, 9.17) is 5.10 Å². The predicted molar refractivity (Wildman–Crippen MR) is 87.4 cm³/mol. The molecule has 2 saturated carbocycles. The highest BCUT2D eigenvalue weighted by atomic mass is 15.3. The summed E-state index contributed by atoms with van der Waals surface area (Å²) in [5.74, 6) is 0.899. The van der Waals surface area contributed by atoms with E-state index in [-0.39, 0.29) is 0 Å². The minimum Gasteiger partial charge on any atom is -0.316 e. The van der Waals surface area contributed by atoms with Crippen LogP contribution < -0.4 is 5.32 Å². The Bertz CT molecular complexity index is 443. The normalized spacial score (nSPS) is 23.1. The molecule has 0 aliphatic heterocycles. The molecule has 1 heterocycles. The molecule has 2 aliphatic carbocycles. The quantitative estimate of drug-likeness (QED) is 0.823. The minimum atomic E-state index is 0.391. The van der Waals surface area contributed by atoms with Crippen molar-refractivity contribution in [3.8, 4) is 0 Å². The molecule has 118 valence electrons. The second kappa shape index (κ2) is 6.51. The van der Waals surface area contributed by atoms with Gasteiger partial charge in [0.15, 0.2) is 0 Å². The third-order valence-electron chi connectivity index (χ3n) is 5.54. The van der Waals surface area contributed by atoms with Crippen LogP contribution in [0.25, 0.3) is 0 Å². The fraction of sp³-hybridized carbons (Fsp3) is 0.833. The standard InChI is InChI=1S/C18H31N3/c1-3-19-14-18(2,15-9-10-15)13-16-11-12-21(20-16)17-7-5-4-6-8-17/h11-12,15,17,19H,3-10,13-14H2,1-2H3. The molecule has 3 rings (SSSR count). The highest BCUT2D eigenvalue weighted by molar-refractivity contribution is 5.07. The van der Waals surface area contributed by atoms with Crippen LogP contribution in [0.1, 0.15) is 70.5 Å². The lowest BCUT2D eigenvalue weighted by Crippen LogP contribution is -2.35. The van der Waals surface area contributed by atoms with Gasteiger partial charge in [-0.05, 0) is 56.0 Å². The third kappa shape index (κ3) is 3.68. The lowest BCUT2D eigenvalue weighted by atomic mass is 9.80. The molecule has 1 N–H and O–H groups in total. The molecule has 0 spiro atoms. The lowest BCUT2D eigenvalue weighted by Gasteiger charge is -2.29. The number of nitrogens with zero attached hydrogens (tertiary/aromatic N) is 2. The Labute approximate surface area is 129 Å². The maximum Gasteiger partial charge on any atom is 0.0630 e. The Morgan fingerprint density at radius 1 is 1.24 bits per heavy atom. The van der Waals surface area contributed by atoms with Gasteiger partial charge in [-0.3, -0.25) is 4.68 Å². The first-order valence-corrected chi connectivity index (χ1v) is 8.96. The summed E-state index contributed by atoms with van der Waals surface area (Å²) in [6, 6.07) is 2.93. The summed E-state index contributed by atoms with van der Waals surface area (Å²) >= 11 is 0. The number of hydrogen-bond acceptors (Lipinski definition) is 2. The summed E-state index contributed by atoms with van der Waals surface area (Å²) in [4.78, 5) is 0. The molecular formula is C18H31N3. The fourth-order valence-electron chi connectivity index (χ4n) is 3.98. The van der Waals surface area contributed by atoms with Crippen LogP contribution in [0.4, 0.5) is 0 Å². The smallest absolute Gasteiger partial charge is 0.0630 e. The number of hydrogen-bond donors (Lipinski definition) is 1. The lowest BCUT2D eigenvalue weighted by molar-refractivity contribution is 0.253. The van der Waals surface area contributed by atoms with E-state index in [0.717, 1.165) is 25.4 Å². The van der Waals surface area contributed by atoms with Crippen molar-refractivity contribution >= 4 is 0 Å². The van der Waals surface area contributed by atoms with Crippen LogP contribution in [-0.4, -0.2) is 22.9 Å². The Morgan fingerprint density at radius 3 is 2.67 bits per heavy atom. The van der Waals surface area contributed by atoms with E-state index in [1.54, 1.807) is 0 Å². The first-order chi connectivity index (χ1) is 10.2. The highest BCUT2D eigenvalue weighted by Gasteiger charge is 2.41. The zero-order chi connectivity index (χ0) is 14.7. The third-order valence-corrected chi connectivity index (χ3v) is 5.54. The molecule has 0 radical (unpaired) electrons. The summed E-state index contributed by atoms with van der Waals surface area (Å²) in [6.45, 7) is 6.85. The molecule has 3 heteroatoms. The van der Waals surface area contributed by atoms with Crippen molar-refractivity contribution in [2.75, 3.05) is 13.1 Å². The van der Waals surface area contributed by atoms with Gasteiger partial charge in [0, 0.05) is 12.7 Å². The Kier molecular flexibility index (Phi) is 4.68. The molecule has 0 aromatic carbocycles. The van der Waals surface area contributed by atoms with Crippen LogP contribution >= 0.6 is 0 Å². The van der Waals surface area contributed by atoms with Crippen LogP contribution in [-0.2, 0) is 6.42 Å². The van der Waals surface area contributed by atoms with Crippen LogP contribution in [0, 0.1) is 11.3 Å². The van der Waals surface area contributed by atoms with E-state index >= 15 is 0 Å². The highest BCUT2D eigenvalue weighted by Crippen LogP contribution is 2.47. The van der Waals surface area contributed by atoms with Crippen molar-refractivity contribution in [2.45, 2.75) is 71.3 Å². The SMILES string of the molecule is CCNCC(C)(Cc1ccn(C2CCCCC2)n1)C1CC1. The molecule has 1 aromatic rings. The molecule has 2 aliphatic rings. The molecule has 21 heavy (non-hydrogen) atoms. The average Bonchev–Trinajstić information content (AvgIpc) is 3.28. The van der Waals surface area contributed by atoms with Gasteiger partial charge in [-0.1, -0.05) is 33.1 Å². The van der Waals surface area contributed by atoms with Crippen LogP contribution in [0.15, 0.2) is 12.3 Å². The molecule has 3 nitrogen and oxygen atoms in total. The van der Waals surface area contributed by atoms with E-state index in [1.165, 1.54) is 50.6 Å². The zero-order valence-electron chi connectivity index (χ0n) is 13.8. The number of rotatable bonds is 7. The molecule has 1 unspecified atom stereocenters. The summed E-state index contributed by atoms with van der Waals surface area (Å²) < 4.78 is 2.26. The van der Waals surface area contributed by atoms with Gasteiger partial charge < -0.3 is 5.32 Å². The second-order valence-corrected chi connectivity index (χ2v) is 7.46. The van der Waals surface area contributed by atoms with Crippen molar-refractivity contribution < 1.29 is 0 Å². The van der Waals surface area contributed by atoms with Gasteiger partial charge in [-0.2, -0.15) is 5.10 Å². The number of aromatic nitrogens is 2. The van der Waals surface area contributed by atoms with Gasteiger partial charge in [-0.15, -0.1) is 0 Å². The molecule has 0 amide bonds. The fourth-order valence-corrected chi connectivity index (χ4v) is 3.98. The van der Waals surface area contributed by atoms with E-state index in [9.17, 15) is 0 Å². The molecular weight excluding hydrogens is 258 g/mol. The summed E-state index contributed by atoms with van der Waals surface area (Å²) in [6.07, 6.45) is 13.0. The summed E-state index contributed by atoms with van der Waals surface area (Å²) in [7, 11) is 0. The molecule has 2 fully saturated rings. The molecule has 0 saturated heterocycles. The Morgan fingerprint density at radius 2 is 2.00 bits per heavy atom. The van der Waals surface area contributed by atoms with Gasteiger partial charge in [-0.25, -0.2) is 0 Å². The van der Waals surface area contributed by atoms with Crippen LogP contribution in [0.3, 0.4) is 0 Å². The molecule has 0 bridgehead atoms. The first kappa shape index (κ1) is 15.1. The Balaban J connectivity index is 1.64. The van der Waals surface area contributed by atoms with Gasteiger partial charge in [0.05, 0.1) is 11.7 Å².